The lowest BCUT2D eigenvalue weighted by Crippen LogP contribution is -2.61. The molecule has 1 aromatic heterocycles. The fourth-order valence-electron chi connectivity index (χ4n) is 9.76. The Kier molecular flexibility index (Phi) is 29.5. The predicted octanol–water partition coefficient (Wildman–Crippen LogP) is -2.43. The largest absolute Gasteiger partial charge is 0.481 e. The van der Waals surface area contributed by atoms with Crippen LogP contribution in [-0.2, 0) is 64.0 Å². The van der Waals surface area contributed by atoms with Crippen molar-refractivity contribution in [2.24, 2.45) is 51.6 Å². The number of rotatable bonds is 37. The first kappa shape index (κ1) is 72.8. The maximum absolute atomic E-state index is 14.6. The lowest BCUT2D eigenvalue weighted by Gasteiger charge is -2.32. The molecule has 0 aliphatic carbocycles. The van der Waals surface area contributed by atoms with Gasteiger partial charge in [0.1, 0.15) is 60.4 Å². The maximum Gasteiger partial charge on any atom is 0.326 e. The minimum absolute atomic E-state index is 0.0212. The number of aliphatic hydroxyl groups excluding tert-OH is 1. The van der Waals surface area contributed by atoms with Gasteiger partial charge in [0, 0.05) is 43.0 Å². The maximum atomic E-state index is 14.6. The van der Waals surface area contributed by atoms with Gasteiger partial charge in [0.15, 0.2) is 5.96 Å². The van der Waals surface area contributed by atoms with E-state index in [-0.39, 0.29) is 69.4 Å². The van der Waals surface area contributed by atoms with E-state index in [1.165, 1.54) is 4.90 Å². The number of carboxylic acids is 2. The van der Waals surface area contributed by atoms with E-state index in [0.717, 1.165) is 0 Å². The number of H-pyrrole nitrogens is 1. The minimum atomic E-state index is -1.80. The molecular weight excluding hydrogens is 1130 g/mol. The van der Waals surface area contributed by atoms with Crippen LogP contribution in [0.2, 0.25) is 0 Å². The second-order valence-corrected chi connectivity index (χ2v) is 23.2. The molecule has 20 N–H and O–H groups in total. The molecule has 484 valence electrons. The van der Waals surface area contributed by atoms with Gasteiger partial charge in [-0.05, 0) is 80.2 Å². The molecule has 0 radical (unpaired) electrons. The molecule has 2 heterocycles. The summed E-state index contributed by atoms with van der Waals surface area (Å²) in [4.78, 5) is 172. The van der Waals surface area contributed by atoms with Crippen molar-refractivity contribution in [3.8, 4) is 0 Å². The van der Waals surface area contributed by atoms with Crippen molar-refractivity contribution < 1.29 is 72.9 Å². The fourth-order valence-corrected chi connectivity index (χ4v) is 9.76. The van der Waals surface area contributed by atoms with Crippen LogP contribution in [0.15, 0.2) is 35.5 Å². The van der Waals surface area contributed by atoms with Gasteiger partial charge in [-0.25, -0.2) is 4.79 Å². The monoisotopic (exact) mass is 1230 g/mol. The summed E-state index contributed by atoms with van der Waals surface area (Å²) < 4.78 is 0. The van der Waals surface area contributed by atoms with Gasteiger partial charge < -0.3 is 90.7 Å². The number of hydrogen-bond acceptors (Lipinski definition) is 15. The van der Waals surface area contributed by atoms with Gasteiger partial charge in [-0.2, -0.15) is 0 Å². The highest BCUT2D eigenvalue weighted by Crippen LogP contribution is 2.23. The Bertz CT molecular complexity index is 2770. The Hall–Kier alpha value is -8.41. The van der Waals surface area contributed by atoms with E-state index in [9.17, 15) is 72.9 Å². The van der Waals surface area contributed by atoms with Crippen LogP contribution < -0.4 is 65.5 Å². The first-order chi connectivity index (χ1) is 40.9. The molecule has 1 aliphatic rings. The predicted molar refractivity (Wildman–Crippen MR) is 319 cm³/mol. The van der Waals surface area contributed by atoms with E-state index in [1.807, 2.05) is 0 Å². The van der Waals surface area contributed by atoms with Gasteiger partial charge >= 0.3 is 11.9 Å². The lowest BCUT2D eigenvalue weighted by atomic mass is 9.96. The van der Waals surface area contributed by atoms with E-state index >= 15 is 0 Å². The van der Waals surface area contributed by atoms with Crippen LogP contribution in [0, 0.1) is 23.7 Å². The number of aromatic nitrogens is 1. The Morgan fingerprint density at radius 3 is 1.78 bits per heavy atom. The Morgan fingerprint density at radius 1 is 0.667 bits per heavy atom. The third-order valence-electron chi connectivity index (χ3n) is 14.7. The summed E-state index contributed by atoms with van der Waals surface area (Å²) >= 11 is 0. The van der Waals surface area contributed by atoms with Crippen molar-refractivity contribution >= 4 is 87.9 Å². The van der Waals surface area contributed by atoms with Crippen LogP contribution in [0.3, 0.4) is 0 Å². The topological polar surface area (TPSA) is 497 Å². The summed E-state index contributed by atoms with van der Waals surface area (Å²) in [6, 6.07) is -7.15. The minimum Gasteiger partial charge on any atom is -0.481 e. The van der Waals surface area contributed by atoms with Crippen LogP contribution in [0.4, 0.5) is 0 Å². The number of amides is 10. The number of aromatic amines is 1. The number of para-hydroxylation sites is 1. The van der Waals surface area contributed by atoms with E-state index in [4.69, 9.17) is 22.9 Å². The van der Waals surface area contributed by atoms with Gasteiger partial charge in [0.05, 0.1) is 13.0 Å². The molecule has 30 heteroatoms. The molecule has 10 amide bonds. The zero-order chi connectivity index (χ0) is 65.4. The number of hydrogen-bond donors (Lipinski definition) is 16. The number of nitrogens with two attached hydrogens (primary N) is 4. The number of benzene rings is 1. The molecule has 3 rings (SSSR count). The molecule has 2 aromatic rings. The zero-order valence-electron chi connectivity index (χ0n) is 50.8. The van der Waals surface area contributed by atoms with Crippen LogP contribution >= 0.6 is 0 Å². The number of likely N-dealkylation sites (tertiary alicyclic amines) is 1. The van der Waals surface area contributed by atoms with E-state index < -0.39 is 169 Å². The number of nitrogens with one attached hydrogen (secondary N) is 9. The molecule has 1 fully saturated rings. The van der Waals surface area contributed by atoms with Gasteiger partial charge in [-0.1, -0.05) is 80.0 Å². The molecule has 87 heavy (non-hydrogen) atoms. The van der Waals surface area contributed by atoms with E-state index in [0.29, 0.717) is 29.3 Å². The van der Waals surface area contributed by atoms with Crippen molar-refractivity contribution in [2.75, 3.05) is 19.7 Å². The molecule has 0 saturated carbocycles. The number of nitrogens with zero attached hydrogens (tertiary/aromatic N) is 2. The summed E-state index contributed by atoms with van der Waals surface area (Å²) in [6.45, 7) is 13.1. The zero-order valence-corrected chi connectivity index (χ0v) is 50.8. The highest BCUT2D eigenvalue weighted by molar-refractivity contribution is 6.00. The van der Waals surface area contributed by atoms with E-state index in [1.54, 1.807) is 85.9 Å². The summed E-state index contributed by atoms with van der Waals surface area (Å²) in [6.07, 6.45) is 0.0717. The number of carboxylic acid groups (broad SMARTS) is 2. The van der Waals surface area contributed by atoms with Crippen molar-refractivity contribution in [1.82, 2.24) is 52.4 Å². The molecular formula is C57H91N15O15. The first-order valence-corrected chi connectivity index (χ1v) is 29.3. The summed E-state index contributed by atoms with van der Waals surface area (Å²) in [7, 11) is 0. The van der Waals surface area contributed by atoms with Crippen LogP contribution in [0.25, 0.3) is 10.9 Å². The molecule has 0 spiro atoms. The third-order valence-corrected chi connectivity index (χ3v) is 14.7. The number of carbonyl (C=O) groups is 12. The molecule has 1 aromatic carbocycles. The van der Waals surface area contributed by atoms with Gasteiger partial charge in [0.25, 0.3) is 0 Å². The first-order valence-electron chi connectivity index (χ1n) is 29.3. The van der Waals surface area contributed by atoms with Crippen molar-refractivity contribution in [3.05, 3.63) is 36.0 Å². The molecule has 1 aliphatic heterocycles. The van der Waals surface area contributed by atoms with Crippen LogP contribution in [0.5, 0.6) is 0 Å². The van der Waals surface area contributed by atoms with E-state index in [2.05, 4.69) is 52.5 Å². The average Bonchev–Trinajstić information content (AvgIpc) is 2.34. The number of aliphatic hydroxyl groups is 1. The van der Waals surface area contributed by atoms with Crippen LogP contribution in [0.1, 0.15) is 125 Å². The number of carbonyl (C=O) groups excluding carboxylic acids is 10. The number of aliphatic imine (C=N–C) groups is 1. The van der Waals surface area contributed by atoms with Crippen molar-refractivity contribution in [3.63, 3.8) is 0 Å². The second kappa shape index (κ2) is 35.3. The third kappa shape index (κ3) is 23.4. The normalized spacial score (nSPS) is 16.6. The number of primary amides is 1. The highest BCUT2D eigenvalue weighted by atomic mass is 16.4. The van der Waals surface area contributed by atoms with Gasteiger partial charge in [-0.15, -0.1) is 0 Å². The number of aliphatic carboxylic acids is 2. The fraction of sp³-hybridized carbons (Fsp3) is 0.632. The standard InChI is InChI=1S/C57H91N15O15/c1-9-31(8)46(54(84)69-41(56(86)87)23-29(4)5)71-49(79)36(16-12-20-62-57(60)61)64-48(78)37(18-19-44(75)76)65-50(80)38(22-28(2)3)66-52(82)40(25-43(59)74)67-51(81)39(24-32-26-63-35-15-11-10-14-33(32)35)68-53(83)42-17-13-21-72(42)55(85)45(30(6)7)70-47(77)34(58)27-73/h10-11,14-15,26,28-31,34,36-42,45-46,63,73H,9,12-13,16-25,27,58H2,1-8H3,(H2,59,74)(H,64,78)(H,65,80)(H,66,82)(H,67,81)(H,68,83)(H,69,84)(H,70,77)(H,71,79)(H,75,76)(H,86,87)(H4,60,61,62)/t31-,34-,36-,37-,38-,39-,40-,41-,42-,45-,46-/m0/s1. The summed E-state index contributed by atoms with van der Waals surface area (Å²) in [5.74, 6) is -13.6. The second-order valence-electron chi connectivity index (χ2n) is 23.2. The van der Waals surface area contributed by atoms with Crippen molar-refractivity contribution in [2.45, 2.75) is 186 Å². The Labute approximate surface area is 505 Å². The molecule has 0 unspecified atom stereocenters. The van der Waals surface area contributed by atoms with Gasteiger partial charge in [0.2, 0.25) is 59.1 Å². The quantitative estimate of drug-likeness (QED) is 0.0190. The molecule has 11 atom stereocenters. The smallest absolute Gasteiger partial charge is 0.326 e. The molecule has 1 saturated heterocycles. The number of guanidine groups is 1. The highest BCUT2D eigenvalue weighted by Gasteiger charge is 2.42. The Morgan fingerprint density at radius 2 is 1.21 bits per heavy atom. The van der Waals surface area contributed by atoms with Gasteiger partial charge in [-0.3, -0.25) is 57.7 Å². The summed E-state index contributed by atoms with van der Waals surface area (Å²) in [5.41, 5.74) is 23.6. The SMILES string of the molecule is CC[C@H](C)[C@H](NC(=O)[C@H](CCCN=C(N)N)NC(=O)[C@H](CCC(=O)O)NC(=O)[C@H](CC(C)C)NC(=O)[C@H](CC(N)=O)NC(=O)[C@H](Cc1c[nH]c2ccccc12)NC(=O)[C@@H]1CCCN1C(=O)[C@@H](NC(=O)[C@@H](N)CO)C(C)C)C(=O)N[C@@H](CC(C)C)C(=O)O. The Balaban J connectivity index is 1.98. The van der Waals surface area contributed by atoms with Crippen molar-refractivity contribution in [1.29, 1.82) is 0 Å². The van der Waals surface area contributed by atoms with Crippen LogP contribution in [-0.4, -0.2) is 182 Å². The molecule has 0 bridgehead atoms. The molecule has 30 nitrogen and oxygen atoms in total. The summed E-state index contributed by atoms with van der Waals surface area (Å²) in [5, 5.41) is 50.1. The number of fused-ring (bicyclic) bond motifs is 1. The average molecular weight is 1230 g/mol. The lowest BCUT2D eigenvalue weighted by molar-refractivity contribution is -0.143.